The Kier molecular flexibility index (Phi) is 6.56. The van der Waals surface area contributed by atoms with Crippen LogP contribution < -0.4 is 10.1 Å². The second-order valence-corrected chi connectivity index (χ2v) is 8.42. The predicted molar refractivity (Wildman–Crippen MR) is 105 cm³/mol. The van der Waals surface area contributed by atoms with Gasteiger partial charge in [-0.1, -0.05) is 11.3 Å². The number of carbonyl (C=O) groups excluding carboxylic acids is 2. The van der Waals surface area contributed by atoms with E-state index < -0.39 is 67.7 Å². The molecule has 2 N–H and O–H groups in total. The average Bonchev–Trinajstić information content (AvgIpc) is 3.39. The molecule has 1 saturated carbocycles. The number of nitrogens with zero attached hydrogens (tertiary/aromatic N) is 3. The van der Waals surface area contributed by atoms with E-state index in [4.69, 9.17) is 5.11 Å². The van der Waals surface area contributed by atoms with Crippen molar-refractivity contribution in [3.05, 3.63) is 18.2 Å². The monoisotopic (exact) mass is 514 g/mol. The number of thiazole rings is 1. The topological polar surface area (TPSA) is 112 Å². The molecule has 1 aliphatic carbocycles. The number of ether oxygens (including phenoxy) is 1. The Labute approximate surface area is 190 Å². The van der Waals surface area contributed by atoms with E-state index in [0.29, 0.717) is 0 Å². The zero-order chi connectivity index (χ0) is 25.5. The summed E-state index contributed by atoms with van der Waals surface area (Å²) in [5, 5.41) is 11.5. The number of carboxylic acid groups (broad SMARTS) is 1. The molecule has 0 aliphatic heterocycles. The average molecular weight is 514 g/mol. The smallest absolute Gasteiger partial charge is 0.465 e. The number of anilines is 1. The molecule has 2 aromatic rings. The zero-order valence-corrected chi connectivity index (χ0v) is 18.0. The van der Waals surface area contributed by atoms with Crippen LogP contribution in [0.4, 0.5) is 36.3 Å². The Morgan fingerprint density at radius 2 is 1.82 bits per heavy atom. The van der Waals surface area contributed by atoms with E-state index in [0.717, 1.165) is 35.4 Å². The minimum Gasteiger partial charge on any atom is -0.465 e. The second-order valence-electron chi connectivity index (χ2n) is 7.39. The first-order valence-corrected chi connectivity index (χ1v) is 10.2. The van der Waals surface area contributed by atoms with Crippen LogP contribution >= 0.6 is 11.3 Å². The highest BCUT2D eigenvalue weighted by Crippen LogP contribution is 2.53. The van der Waals surface area contributed by atoms with E-state index in [2.05, 4.69) is 15.0 Å². The molecule has 186 valence electrons. The first-order chi connectivity index (χ1) is 15.6. The van der Waals surface area contributed by atoms with Crippen LogP contribution in [0.15, 0.2) is 18.2 Å². The molecular weight excluding hydrogens is 498 g/mol. The van der Waals surface area contributed by atoms with Gasteiger partial charge in [0.2, 0.25) is 11.8 Å². The third-order valence-electron chi connectivity index (χ3n) is 4.94. The van der Waals surface area contributed by atoms with Crippen LogP contribution in [0, 0.1) is 0 Å². The standard InChI is InChI=1S/C18H16F6N4O5S/c1-27(13(30)8-28(15(31)32)16(4-5-16)17(19,20)21)7-12(29)26-14-25-10-3-2-9(6-11(10)34-14)33-18(22,23)24/h2-3,6H,4-5,7-8H2,1H3,(H,31,32)(H,25,26,29). The van der Waals surface area contributed by atoms with Crippen molar-refractivity contribution in [3.8, 4) is 5.75 Å². The van der Waals surface area contributed by atoms with Gasteiger partial charge in [-0.2, -0.15) is 13.2 Å². The van der Waals surface area contributed by atoms with Crippen molar-refractivity contribution in [2.75, 3.05) is 25.5 Å². The summed E-state index contributed by atoms with van der Waals surface area (Å²) in [6.07, 6.45) is -12.6. The molecule has 1 aliphatic rings. The summed E-state index contributed by atoms with van der Waals surface area (Å²) in [5.74, 6) is -2.33. The van der Waals surface area contributed by atoms with Gasteiger partial charge in [0.1, 0.15) is 17.8 Å². The largest absolute Gasteiger partial charge is 0.573 e. The van der Waals surface area contributed by atoms with Crippen molar-refractivity contribution in [3.63, 3.8) is 0 Å². The van der Waals surface area contributed by atoms with Gasteiger partial charge in [0.15, 0.2) is 5.13 Å². The number of carbonyl (C=O) groups is 3. The van der Waals surface area contributed by atoms with E-state index in [1.165, 1.54) is 6.07 Å². The molecule has 9 nitrogen and oxygen atoms in total. The zero-order valence-electron chi connectivity index (χ0n) is 17.2. The maximum Gasteiger partial charge on any atom is 0.573 e. The summed E-state index contributed by atoms with van der Waals surface area (Å²) in [4.78, 5) is 40.7. The first-order valence-electron chi connectivity index (χ1n) is 9.39. The van der Waals surface area contributed by atoms with Gasteiger partial charge in [-0.15, -0.1) is 13.2 Å². The van der Waals surface area contributed by atoms with Crippen molar-refractivity contribution in [1.82, 2.24) is 14.8 Å². The number of amides is 3. The predicted octanol–water partition coefficient (Wildman–Crippen LogP) is 3.67. The van der Waals surface area contributed by atoms with Crippen molar-refractivity contribution in [1.29, 1.82) is 0 Å². The molecule has 0 spiro atoms. The summed E-state index contributed by atoms with van der Waals surface area (Å²) in [5.41, 5.74) is -2.36. The Bertz CT molecular complexity index is 1110. The van der Waals surface area contributed by atoms with Crippen LogP contribution in [-0.2, 0) is 9.59 Å². The maximum absolute atomic E-state index is 13.2. The lowest BCUT2D eigenvalue weighted by Crippen LogP contribution is -2.54. The van der Waals surface area contributed by atoms with Crippen molar-refractivity contribution in [2.24, 2.45) is 0 Å². The number of aromatic nitrogens is 1. The van der Waals surface area contributed by atoms with Gasteiger partial charge in [-0.25, -0.2) is 9.78 Å². The number of hydrogen-bond donors (Lipinski definition) is 2. The van der Waals surface area contributed by atoms with Crippen LogP contribution in [-0.4, -0.2) is 76.0 Å². The number of halogens is 6. The molecule has 3 amide bonds. The molecule has 1 heterocycles. The minimum atomic E-state index is -4.89. The minimum absolute atomic E-state index is 0.00817. The fourth-order valence-electron chi connectivity index (χ4n) is 3.10. The van der Waals surface area contributed by atoms with Gasteiger partial charge < -0.3 is 20.1 Å². The van der Waals surface area contributed by atoms with E-state index in [1.807, 2.05) is 0 Å². The number of alkyl halides is 6. The lowest BCUT2D eigenvalue weighted by Gasteiger charge is -2.31. The number of likely N-dealkylation sites (N-methyl/N-ethyl adjacent to an activating group) is 1. The SMILES string of the molecule is CN(CC(=O)Nc1nc2ccc(OC(F)(F)F)cc2s1)C(=O)CN(C(=O)O)C1(C(F)(F)F)CC1. The third-order valence-corrected chi connectivity index (χ3v) is 5.87. The van der Waals surface area contributed by atoms with Gasteiger partial charge in [0.05, 0.1) is 16.8 Å². The lowest BCUT2D eigenvalue weighted by molar-refractivity contribution is -0.274. The summed E-state index contributed by atoms with van der Waals surface area (Å²) in [6, 6.07) is 3.35. The van der Waals surface area contributed by atoms with E-state index in [9.17, 15) is 40.7 Å². The molecular formula is C18H16F6N4O5S. The Morgan fingerprint density at radius 1 is 1.18 bits per heavy atom. The lowest BCUT2D eigenvalue weighted by atomic mass is 10.2. The molecule has 34 heavy (non-hydrogen) atoms. The molecule has 0 saturated heterocycles. The van der Waals surface area contributed by atoms with Gasteiger partial charge in [-0.05, 0) is 25.0 Å². The fraction of sp³-hybridized carbons (Fsp3) is 0.444. The third kappa shape index (κ3) is 5.60. The second kappa shape index (κ2) is 8.81. The molecule has 0 atom stereocenters. The summed E-state index contributed by atoms with van der Waals surface area (Å²) in [6.45, 7) is -1.73. The molecule has 1 aromatic carbocycles. The van der Waals surface area contributed by atoms with Crippen LogP contribution in [0.3, 0.4) is 0 Å². The van der Waals surface area contributed by atoms with E-state index in [-0.39, 0.29) is 20.2 Å². The van der Waals surface area contributed by atoms with Crippen LogP contribution in [0.25, 0.3) is 10.2 Å². The molecule has 0 radical (unpaired) electrons. The van der Waals surface area contributed by atoms with Gasteiger partial charge in [0, 0.05) is 13.1 Å². The van der Waals surface area contributed by atoms with Crippen molar-refractivity contribution in [2.45, 2.75) is 30.9 Å². The molecule has 1 aromatic heterocycles. The summed E-state index contributed by atoms with van der Waals surface area (Å²) >= 11 is 0.825. The highest BCUT2D eigenvalue weighted by molar-refractivity contribution is 7.22. The van der Waals surface area contributed by atoms with Crippen LogP contribution in [0.2, 0.25) is 0 Å². The maximum atomic E-state index is 13.2. The van der Waals surface area contributed by atoms with Gasteiger partial charge in [-0.3, -0.25) is 14.5 Å². The molecule has 0 bridgehead atoms. The molecule has 0 unspecified atom stereocenters. The number of nitrogens with one attached hydrogen (secondary N) is 1. The molecule has 1 fully saturated rings. The van der Waals surface area contributed by atoms with Crippen LogP contribution in [0.1, 0.15) is 12.8 Å². The van der Waals surface area contributed by atoms with Crippen LogP contribution in [0.5, 0.6) is 5.75 Å². The van der Waals surface area contributed by atoms with Crippen molar-refractivity contribution < 1.29 is 50.6 Å². The number of hydrogen-bond acceptors (Lipinski definition) is 6. The highest BCUT2D eigenvalue weighted by Gasteiger charge is 2.68. The fourth-order valence-corrected chi connectivity index (χ4v) is 4.01. The van der Waals surface area contributed by atoms with Crippen molar-refractivity contribution >= 4 is 44.6 Å². The number of benzene rings is 1. The Balaban J connectivity index is 1.61. The normalized spacial score (nSPS) is 15.0. The summed E-state index contributed by atoms with van der Waals surface area (Å²) < 4.78 is 80.8. The highest BCUT2D eigenvalue weighted by atomic mass is 32.1. The number of fused-ring (bicyclic) bond motifs is 1. The van der Waals surface area contributed by atoms with E-state index >= 15 is 0 Å². The molecule has 16 heteroatoms. The molecule has 3 rings (SSSR count). The van der Waals surface area contributed by atoms with Gasteiger partial charge >= 0.3 is 18.6 Å². The van der Waals surface area contributed by atoms with E-state index in [1.54, 1.807) is 0 Å². The number of rotatable bonds is 7. The first kappa shape index (κ1) is 25.3. The van der Waals surface area contributed by atoms with Gasteiger partial charge in [0.25, 0.3) is 0 Å². The quantitative estimate of drug-likeness (QED) is 0.546. The summed E-state index contributed by atoms with van der Waals surface area (Å²) in [7, 11) is 1.11. The Morgan fingerprint density at radius 3 is 2.35 bits per heavy atom. The Hall–Kier alpha value is -3.30.